The van der Waals surface area contributed by atoms with Crippen LogP contribution < -0.4 is 9.47 Å². The van der Waals surface area contributed by atoms with Crippen molar-refractivity contribution in [3.05, 3.63) is 94.0 Å². The van der Waals surface area contributed by atoms with E-state index in [4.69, 9.17) is 28.8 Å². The van der Waals surface area contributed by atoms with Gasteiger partial charge in [-0.25, -0.2) is 9.59 Å². The maximum absolute atomic E-state index is 11.1. The van der Waals surface area contributed by atoms with Crippen LogP contribution in [0.2, 0.25) is 0 Å². The Morgan fingerprint density at radius 3 is 1.23 bits per heavy atom. The lowest BCUT2D eigenvalue weighted by Crippen LogP contribution is -2.10. The van der Waals surface area contributed by atoms with E-state index in [-0.39, 0.29) is 59.8 Å². The number of aromatic carboxylic acids is 2. The van der Waals surface area contributed by atoms with Crippen LogP contribution in [0.3, 0.4) is 0 Å². The number of benzene rings is 3. The molecule has 0 bridgehead atoms. The van der Waals surface area contributed by atoms with E-state index in [1.807, 2.05) is 0 Å². The highest BCUT2D eigenvalue weighted by Gasteiger charge is 2.13. The zero-order chi connectivity index (χ0) is 32.3. The van der Waals surface area contributed by atoms with Crippen molar-refractivity contribution in [2.75, 3.05) is 24.7 Å². The summed E-state index contributed by atoms with van der Waals surface area (Å²) in [6.45, 7) is -0.250. The first kappa shape index (κ1) is 33.6. The number of hydrogen-bond donors (Lipinski definition) is 4. The molecule has 14 heteroatoms. The molecule has 0 aromatic heterocycles. The summed E-state index contributed by atoms with van der Waals surface area (Å²) in [7, 11) is -8.44. The highest BCUT2D eigenvalue weighted by Crippen LogP contribution is 2.29. The molecule has 0 amide bonds. The van der Waals surface area contributed by atoms with Gasteiger partial charge < -0.3 is 19.7 Å². The van der Waals surface area contributed by atoms with Crippen molar-refractivity contribution >= 4 is 32.2 Å². The minimum absolute atomic E-state index is 0.0484. The lowest BCUT2D eigenvalue weighted by molar-refractivity contribution is 0.0686. The monoisotopic (exact) mass is 642 g/mol. The Kier molecular flexibility index (Phi) is 11.5. The Balaban J connectivity index is 2.03. The van der Waals surface area contributed by atoms with Gasteiger partial charge in [0.15, 0.2) is 0 Å². The van der Waals surface area contributed by atoms with Gasteiger partial charge in [0.2, 0.25) is 0 Å². The summed E-state index contributed by atoms with van der Waals surface area (Å²) in [6.07, 6.45) is -0.0969. The summed E-state index contributed by atoms with van der Waals surface area (Å²) >= 11 is 0. The second kappa shape index (κ2) is 15.0. The zero-order valence-electron chi connectivity index (χ0n) is 22.9. The molecule has 0 aliphatic heterocycles. The summed E-state index contributed by atoms with van der Waals surface area (Å²) in [5.74, 6) is 8.61. The van der Waals surface area contributed by atoms with Gasteiger partial charge in [0.05, 0.1) is 47.0 Å². The van der Waals surface area contributed by atoms with E-state index in [9.17, 15) is 26.4 Å². The van der Waals surface area contributed by atoms with Crippen molar-refractivity contribution < 1.29 is 55.2 Å². The van der Waals surface area contributed by atoms with Crippen molar-refractivity contribution in [2.45, 2.75) is 12.8 Å². The largest absolute Gasteiger partial charge is 0.492 e. The molecule has 0 atom stereocenters. The van der Waals surface area contributed by atoms with Crippen LogP contribution in [0.25, 0.3) is 0 Å². The maximum atomic E-state index is 11.1. The Morgan fingerprint density at radius 2 is 0.932 bits per heavy atom. The summed E-state index contributed by atoms with van der Waals surface area (Å²) in [4.78, 5) is 22.3. The molecule has 0 radical (unpaired) electrons. The van der Waals surface area contributed by atoms with Crippen LogP contribution in [0.15, 0.2) is 60.7 Å². The van der Waals surface area contributed by atoms with Gasteiger partial charge in [0.1, 0.15) is 11.5 Å². The fraction of sp³-hybridized carbons (Fsp3) is 0.200. The minimum Gasteiger partial charge on any atom is -0.492 e. The Morgan fingerprint density at radius 1 is 0.591 bits per heavy atom. The molecule has 0 spiro atoms. The van der Waals surface area contributed by atoms with Crippen LogP contribution in [0, 0.1) is 23.7 Å². The van der Waals surface area contributed by atoms with E-state index >= 15 is 0 Å². The van der Waals surface area contributed by atoms with E-state index in [1.54, 1.807) is 0 Å². The van der Waals surface area contributed by atoms with Gasteiger partial charge in [-0.1, -0.05) is 23.7 Å². The molecule has 230 valence electrons. The van der Waals surface area contributed by atoms with Gasteiger partial charge in [0.25, 0.3) is 20.2 Å². The van der Waals surface area contributed by atoms with Crippen LogP contribution in [0.4, 0.5) is 0 Å². The van der Waals surface area contributed by atoms with Gasteiger partial charge in [-0.2, -0.15) is 16.8 Å². The van der Waals surface area contributed by atoms with Gasteiger partial charge in [-0.05, 0) is 61.4 Å². The average molecular weight is 643 g/mol. The van der Waals surface area contributed by atoms with Crippen LogP contribution in [-0.2, 0) is 20.2 Å². The van der Waals surface area contributed by atoms with Crippen molar-refractivity contribution in [3.8, 4) is 35.2 Å². The van der Waals surface area contributed by atoms with Crippen molar-refractivity contribution in [2.24, 2.45) is 0 Å². The number of hydrogen-bond acceptors (Lipinski definition) is 8. The quantitative estimate of drug-likeness (QED) is 0.128. The molecular weight excluding hydrogens is 616 g/mol. The summed E-state index contributed by atoms with van der Waals surface area (Å²) in [5, 5.41) is 18.2. The summed E-state index contributed by atoms with van der Waals surface area (Å²) < 4.78 is 74.1. The zero-order valence-corrected chi connectivity index (χ0v) is 24.5. The van der Waals surface area contributed by atoms with Gasteiger partial charge in [-0.15, -0.1) is 0 Å². The van der Waals surface area contributed by atoms with Gasteiger partial charge >= 0.3 is 11.9 Å². The van der Waals surface area contributed by atoms with Crippen LogP contribution in [0.1, 0.15) is 55.8 Å². The molecule has 3 aromatic carbocycles. The SMILES string of the molecule is O=C(O)c1ccc(C#Cc2cc(OCCCS(=O)(=O)O)c(C#Cc3ccc(C(=O)O)cc3)cc2OCCCS(=O)(=O)O)cc1. The number of carboxylic acid groups (broad SMARTS) is 2. The third-order valence-corrected chi connectivity index (χ3v) is 7.25. The first-order chi connectivity index (χ1) is 20.7. The van der Waals surface area contributed by atoms with E-state index in [2.05, 4.69) is 23.7 Å². The van der Waals surface area contributed by atoms with E-state index in [0.29, 0.717) is 11.1 Å². The van der Waals surface area contributed by atoms with Crippen LogP contribution in [0.5, 0.6) is 11.5 Å². The smallest absolute Gasteiger partial charge is 0.335 e. The number of carbonyl (C=O) groups is 2. The predicted molar refractivity (Wildman–Crippen MR) is 158 cm³/mol. The Bertz CT molecular complexity index is 1720. The standard InChI is InChI=1S/C30H26O12S2/c31-29(32)23-9-3-21(4-10-23)7-13-25-20-28(42-16-2-18-44(38,39)40)26(19-27(25)41-15-1-17-43(35,36)37)14-8-22-5-11-24(12-6-22)30(33)34/h3-6,9-12,19-20H,1-2,15-18H2,(H,31,32)(H,33,34)(H,35,36,37)(H,38,39,40). The lowest BCUT2D eigenvalue weighted by atomic mass is 10.1. The summed E-state index contributed by atoms with van der Waals surface area (Å²) in [5.41, 5.74) is 1.60. The fourth-order valence-corrected chi connectivity index (χ4v) is 4.48. The Hall–Kier alpha value is -4.86. The molecule has 0 aliphatic rings. The number of rotatable bonds is 12. The van der Waals surface area contributed by atoms with Gasteiger partial charge in [0, 0.05) is 23.3 Å². The number of carboxylic acids is 2. The first-order valence-corrected chi connectivity index (χ1v) is 16.0. The second-order valence-electron chi connectivity index (χ2n) is 9.09. The molecule has 0 unspecified atom stereocenters. The maximum Gasteiger partial charge on any atom is 0.335 e. The highest BCUT2D eigenvalue weighted by atomic mass is 32.2. The molecule has 4 N–H and O–H groups in total. The minimum atomic E-state index is -4.22. The first-order valence-electron chi connectivity index (χ1n) is 12.7. The molecule has 12 nitrogen and oxygen atoms in total. The number of ether oxygens (including phenoxy) is 2. The van der Waals surface area contributed by atoms with Crippen molar-refractivity contribution in [3.63, 3.8) is 0 Å². The van der Waals surface area contributed by atoms with Crippen molar-refractivity contribution in [1.29, 1.82) is 0 Å². The molecule has 0 saturated heterocycles. The topological polar surface area (TPSA) is 202 Å². The molecule has 44 heavy (non-hydrogen) atoms. The van der Waals surface area contributed by atoms with Crippen LogP contribution in [-0.4, -0.2) is 72.8 Å². The molecule has 3 rings (SSSR count). The normalized spacial score (nSPS) is 11.0. The van der Waals surface area contributed by atoms with E-state index in [1.165, 1.54) is 60.7 Å². The van der Waals surface area contributed by atoms with E-state index < -0.39 is 43.7 Å². The highest BCUT2D eigenvalue weighted by molar-refractivity contribution is 7.86. The molecule has 0 heterocycles. The van der Waals surface area contributed by atoms with Crippen LogP contribution >= 0.6 is 0 Å². The van der Waals surface area contributed by atoms with Crippen molar-refractivity contribution in [1.82, 2.24) is 0 Å². The molecular formula is C30H26O12S2. The van der Waals surface area contributed by atoms with Gasteiger partial charge in [-0.3, -0.25) is 9.11 Å². The fourth-order valence-electron chi connectivity index (χ4n) is 3.51. The lowest BCUT2D eigenvalue weighted by Gasteiger charge is -2.13. The Labute approximate surface area is 253 Å². The molecule has 0 fully saturated rings. The second-order valence-corrected chi connectivity index (χ2v) is 12.2. The molecule has 3 aromatic rings. The van der Waals surface area contributed by atoms with E-state index in [0.717, 1.165) is 0 Å². The third-order valence-electron chi connectivity index (χ3n) is 5.64. The average Bonchev–Trinajstić information content (AvgIpc) is 2.95. The predicted octanol–water partition coefficient (Wildman–Crippen LogP) is 3.20. The molecule has 0 aliphatic carbocycles. The third kappa shape index (κ3) is 11.4. The summed E-state index contributed by atoms with van der Waals surface area (Å²) in [6, 6.07) is 14.5. The molecule has 0 saturated carbocycles.